The third-order valence-electron chi connectivity index (χ3n) is 4.03. The van der Waals surface area contributed by atoms with E-state index in [4.69, 9.17) is 0 Å². The first-order valence-corrected chi connectivity index (χ1v) is 9.61. The van der Waals surface area contributed by atoms with E-state index in [1.807, 2.05) is 0 Å². The van der Waals surface area contributed by atoms with Crippen LogP contribution in [-0.2, 0) is 19.6 Å². The molecule has 24 heavy (non-hydrogen) atoms. The third kappa shape index (κ3) is 5.52. The van der Waals surface area contributed by atoms with E-state index in [9.17, 15) is 18.0 Å². The average molecular weight is 353 g/mol. The maximum atomic E-state index is 12.1. The second-order valence-corrected chi connectivity index (χ2v) is 7.70. The van der Waals surface area contributed by atoms with Crippen LogP contribution in [0, 0.1) is 5.92 Å². The van der Waals surface area contributed by atoms with Crippen LogP contribution in [0.3, 0.4) is 0 Å². The Bertz CT molecular complexity index is 668. The fraction of sp³-hybridized carbons (Fsp3) is 0.500. The van der Waals surface area contributed by atoms with E-state index in [0.29, 0.717) is 31.6 Å². The summed E-state index contributed by atoms with van der Waals surface area (Å²) >= 11 is 0. The van der Waals surface area contributed by atoms with E-state index >= 15 is 0 Å². The fourth-order valence-electron chi connectivity index (χ4n) is 2.65. The van der Waals surface area contributed by atoms with Crippen molar-refractivity contribution < 1.29 is 18.0 Å². The maximum absolute atomic E-state index is 12.1. The molecule has 0 saturated carbocycles. The molecule has 132 valence electrons. The number of sulfonamides is 1. The zero-order valence-electron chi connectivity index (χ0n) is 13.7. The molecule has 2 amide bonds. The lowest BCUT2D eigenvalue weighted by atomic mass is 9.96. The maximum Gasteiger partial charge on any atom is 0.234 e. The number of amides is 2. The second kappa shape index (κ2) is 8.14. The van der Waals surface area contributed by atoms with E-state index in [1.165, 1.54) is 6.92 Å². The summed E-state index contributed by atoms with van der Waals surface area (Å²) in [5.41, 5.74) is 0.500. The Morgan fingerprint density at radius 2 is 1.79 bits per heavy atom. The molecule has 7 nitrogen and oxygen atoms in total. The van der Waals surface area contributed by atoms with E-state index in [2.05, 4.69) is 10.0 Å². The van der Waals surface area contributed by atoms with Gasteiger partial charge in [-0.05, 0) is 25.0 Å². The molecule has 1 fully saturated rings. The number of likely N-dealkylation sites (tertiary alicyclic amines) is 1. The summed E-state index contributed by atoms with van der Waals surface area (Å²) in [6.45, 7) is 2.72. The molecule has 0 aromatic heterocycles. The molecular weight excluding hydrogens is 330 g/mol. The van der Waals surface area contributed by atoms with Crippen molar-refractivity contribution in [3.8, 4) is 0 Å². The number of piperidine rings is 1. The first-order valence-electron chi connectivity index (χ1n) is 7.96. The molecule has 0 atom stereocenters. The van der Waals surface area contributed by atoms with Gasteiger partial charge in [0.1, 0.15) is 0 Å². The minimum Gasteiger partial charge on any atom is -0.355 e. The quantitative estimate of drug-likeness (QED) is 0.791. The predicted molar refractivity (Wildman–Crippen MR) is 91.8 cm³/mol. The number of nitrogens with one attached hydrogen (secondary N) is 2. The van der Waals surface area contributed by atoms with Gasteiger partial charge in [0.05, 0.1) is 5.75 Å². The summed E-state index contributed by atoms with van der Waals surface area (Å²) in [4.78, 5) is 25.1. The van der Waals surface area contributed by atoms with Gasteiger partial charge in [-0.1, -0.05) is 18.2 Å². The standard InChI is InChI=1S/C16H23N3O4S/c1-13(20)19-10-7-14(8-11-19)16(21)17-9-12-24(22,23)18-15-5-3-2-4-6-15/h2-6,14,18H,7-12H2,1H3,(H,17,21). The minimum absolute atomic E-state index is 0.0203. The summed E-state index contributed by atoms with van der Waals surface area (Å²) in [5, 5.41) is 2.68. The number of carbonyl (C=O) groups excluding carboxylic acids is 2. The Kier molecular flexibility index (Phi) is 6.19. The van der Waals surface area contributed by atoms with Crippen molar-refractivity contribution in [2.45, 2.75) is 19.8 Å². The molecule has 8 heteroatoms. The molecule has 0 unspecified atom stereocenters. The fourth-order valence-corrected chi connectivity index (χ4v) is 3.61. The van der Waals surface area contributed by atoms with Crippen molar-refractivity contribution in [1.29, 1.82) is 0 Å². The Morgan fingerprint density at radius 3 is 2.38 bits per heavy atom. The van der Waals surface area contributed by atoms with Gasteiger partial charge in [-0.25, -0.2) is 8.42 Å². The molecule has 2 N–H and O–H groups in total. The number of hydrogen-bond acceptors (Lipinski definition) is 4. The highest BCUT2D eigenvalue weighted by molar-refractivity contribution is 7.92. The minimum atomic E-state index is -3.50. The molecule has 0 aliphatic carbocycles. The summed E-state index contributed by atoms with van der Waals surface area (Å²) in [5.74, 6) is -0.467. The van der Waals surface area contributed by atoms with Crippen molar-refractivity contribution in [3.05, 3.63) is 30.3 Å². The van der Waals surface area contributed by atoms with Crippen molar-refractivity contribution in [3.63, 3.8) is 0 Å². The van der Waals surface area contributed by atoms with Crippen molar-refractivity contribution >= 4 is 27.5 Å². The Morgan fingerprint density at radius 1 is 1.17 bits per heavy atom. The molecule has 0 bridgehead atoms. The lowest BCUT2D eigenvalue weighted by Crippen LogP contribution is -2.43. The van der Waals surface area contributed by atoms with Crippen LogP contribution < -0.4 is 10.0 Å². The SMILES string of the molecule is CC(=O)N1CCC(C(=O)NCCS(=O)(=O)Nc2ccccc2)CC1. The van der Waals surface area contributed by atoms with Gasteiger partial charge in [0.2, 0.25) is 21.8 Å². The number of hydrogen-bond donors (Lipinski definition) is 2. The summed E-state index contributed by atoms with van der Waals surface area (Å²) in [7, 11) is -3.50. The van der Waals surface area contributed by atoms with Crippen LogP contribution in [0.1, 0.15) is 19.8 Å². The molecule has 1 heterocycles. The lowest BCUT2D eigenvalue weighted by Gasteiger charge is -2.30. The average Bonchev–Trinajstić information content (AvgIpc) is 2.55. The Balaban J connectivity index is 1.73. The van der Waals surface area contributed by atoms with E-state index in [-0.39, 0.29) is 30.0 Å². The number of rotatable bonds is 6. The van der Waals surface area contributed by atoms with Gasteiger partial charge in [-0.3, -0.25) is 14.3 Å². The van der Waals surface area contributed by atoms with Crippen LogP contribution in [0.4, 0.5) is 5.69 Å². The van der Waals surface area contributed by atoms with Gasteiger partial charge in [-0.2, -0.15) is 0 Å². The summed E-state index contributed by atoms with van der Waals surface area (Å²) < 4.78 is 26.4. The summed E-state index contributed by atoms with van der Waals surface area (Å²) in [6.07, 6.45) is 1.22. The monoisotopic (exact) mass is 353 g/mol. The predicted octanol–water partition coefficient (Wildman–Crippen LogP) is 0.803. The zero-order chi connectivity index (χ0) is 17.6. The number of carbonyl (C=O) groups is 2. The number of para-hydroxylation sites is 1. The molecule has 1 aliphatic heterocycles. The van der Waals surface area contributed by atoms with E-state index in [0.717, 1.165) is 0 Å². The van der Waals surface area contributed by atoms with Crippen LogP contribution in [-0.4, -0.2) is 50.5 Å². The van der Waals surface area contributed by atoms with Crippen LogP contribution in [0.5, 0.6) is 0 Å². The van der Waals surface area contributed by atoms with E-state index in [1.54, 1.807) is 35.2 Å². The molecular formula is C16H23N3O4S. The van der Waals surface area contributed by atoms with Crippen LogP contribution in [0.15, 0.2) is 30.3 Å². The first-order chi connectivity index (χ1) is 11.4. The molecule has 0 radical (unpaired) electrons. The normalized spacial score (nSPS) is 15.8. The molecule has 1 saturated heterocycles. The highest BCUT2D eigenvalue weighted by atomic mass is 32.2. The van der Waals surface area contributed by atoms with Crippen molar-refractivity contribution in [2.75, 3.05) is 30.1 Å². The topological polar surface area (TPSA) is 95.6 Å². The molecule has 1 aromatic rings. The highest BCUT2D eigenvalue weighted by Crippen LogP contribution is 2.17. The Labute approximate surface area is 142 Å². The number of nitrogens with zero attached hydrogens (tertiary/aromatic N) is 1. The van der Waals surface area contributed by atoms with Crippen LogP contribution >= 0.6 is 0 Å². The first kappa shape index (κ1) is 18.3. The zero-order valence-corrected chi connectivity index (χ0v) is 14.5. The molecule has 2 rings (SSSR count). The lowest BCUT2D eigenvalue weighted by molar-refractivity contribution is -0.133. The highest BCUT2D eigenvalue weighted by Gasteiger charge is 2.26. The van der Waals surface area contributed by atoms with Gasteiger partial charge >= 0.3 is 0 Å². The smallest absolute Gasteiger partial charge is 0.234 e. The molecule has 1 aromatic carbocycles. The summed E-state index contributed by atoms with van der Waals surface area (Å²) in [6, 6.07) is 8.62. The number of anilines is 1. The van der Waals surface area contributed by atoms with Gasteiger partial charge < -0.3 is 10.2 Å². The van der Waals surface area contributed by atoms with Crippen molar-refractivity contribution in [2.24, 2.45) is 5.92 Å². The third-order valence-corrected chi connectivity index (χ3v) is 5.32. The molecule has 1 aliphatic rings. The van der Waals surface area contributed by atoms with Gasteiger partial charge in [0, 0.05) is 38.2 Å². The molecule has 0 spiro atoms. The van der Waals surface area contributed by atoms with Crippen LogP contribution in [0.25, 0.3) is 0 Å². The number of benzene rings is 1. The second-order valence-electron chi connectivity index (χ2n) is 5.86. The Hall–Kier alpha value is -2.09. The van der Waals surface area contributed by atoms with Gasteiger partial charge in [-0.15, -0.1) is 0 Å². The van der Waals surface area contributed by atoms with E-state index < -0.39 is 10.0 Å². The van der Waals surface area contributed by atoms with Gasteiger partial charge in [0.25, 0.3) is 0 Å². The largest absolute Gasteiger partial charge is 0.355 e. The van der Waals surface area contributed by atoms with Gasteiger partial charge in [0.15, 0.2) is 0 Å². The van der Waals surface area contributed by atoms with Crippen molar-refractivity contribution in [1.82, 2.24) is 10.2 Å². The van der Waals surface area contributed by atoms with Crippen LogP contribution in [0.2, 0.25) is 0 Å².